The van der Waals surface area contributed by atoms with Gasteiger partial charge in [0.1, 0.15) is 0 Å². The number of rotatable bonds is 7. The maximum Gasteiger partial charge on any atom is 0.262 e. The molecule has 19 heavy (non-hydrogen) atoms. The molecule has 108 valence electrons. The third-order valence-electron chi connectivity index (χ3n) is 3.22. The van der Waals surface area contributed by atoms with Crippen LogP contribution in [0.25, 0.3) is 0 Å². The third-order valence-corrected chi connectivity index (χ3v) is 5.09. The fourth-order valence-electron chi connectivity index (χ4n) is 2.06. The molecule has 0 saturated heterocycles. The maximum absolute atomic E-state index is 12.6. The molecular weight excluding hydrogens is 262 g/mol. The van der Waals surface area contributed by atoms with Gasteiger partial charge >= 0.3 is 0 Å². The fourth-order valence-corrected chi connectivity index (χ4v) is 3.63. The van der Waals surface area contributed by atoms with Gasteiger partial charge in [0.2, 0.25) is 0 Å². The van der Waals surface area contributed by atoms with Crippen molar-refractivity contribution in [3.8, 4) is 0 Å². The van der Waals surface area contributed by atoms with Crippen LogP contribution < -0.4 is 5.32 Å². The van der Waals surface area contributed by atoms with Crippen LogP contribution in [0.15, 0.2) is 23.4 Å². The van der Waals surface area contributed by atoms with E-state index in [4.69, 9.17) is 0 Å². The van der Waals surface area contributed by atoms with E-state index < -0.39 is 10.0 Å². The Hall–Kier alpha value is -1.14. The van der Waals surface area contributed by atoms with Crippen LogP contribution in [-0.2, 0) is 10.0 Å². The summed E-state index contributed by atoms with van der Waals surface area (Å²) >= 11 is 0. The molecule has 0 saturated carbocycles. The molecule has 6 heteroatoms. The number of sulfonamides is 1. The molecule has 0 radical (unpaired) electrons. The van der Waals surface area contributed by atoms with Gasteiger partial charge in [-0.3, -0.25) is 0 Å². The Balaban J connectivity index is 3.19. The standard InChI is InChI=1S/C13H23N3O2S/c1-5-11(6-2)16(4)19(17,18)13-12(14-7-3)9-8-10-15-13/h8-11,14H,5-7H2,1-4H3. The Labute approximate surface area is 116 Å². The highest BCUT2D eigenvalue weighted by atomic mass is 32.2. The van der Waals surface area contributed by atoms with E-state index in [-0.39, 0.29) is 11.1 Å². The molecule has 1 N–H and O–H groups in total. The zero-order chi connectivity index (χ0) is 14.5. The molecule has 1 heterocycles. The SMILES string of the molecule is CCNc1cccnc1S(=O)(=O)N(C)C(CC)CC. The predicted octanol–water partition coefficient (Wildman–Crippen LogP) is 2.32. The molecule has 0 atom stereocenters. The summed E-state index contributed by atoms with van der Waals surface area (Å²) in [5, 5.41) is 3.15. The first-order valence-corrected chi connectivity index (χ1v) is 8.09. The first-order valence-electron chi connectivity index (χ1n) is 6.65. The number of nitrogens with one attached hydrogen (secondary N) is 1. The van der Waals surface area contributed by atoms with E-state index in [0.717, 1.165) is 12.8 Å². The van der Waals surface area contributed by atoms with Gasteiger partial charge in [0.25, 0.3) is 10.0 Å². The minimum Gasteiger partial charge on any atom is -0.383 e. The van der Waals surface area contributed by atoms with E-state index in [1.165, 1.54) is 10.5 Å². The predicted molar refractivity (Wildman–Crippen MR) is 77.7 cm³/mol. The van der Waals surface area contributed by atoms with Crippen molar-refractivity contribution in [1.82, 2.24) is 9.29 Å². The van der Waals surface area contributed by atoms with Gasteiger partial charge in [-0.05, 0) is 31.9 Å². The monoisotopic (exact) mass is 285 g/mol. The average Bonchev–Trinajstić information content (AvgIpc) is 2.41. The van der Waals surface area contributed by atoms with Gasteiger partial charge in [0, 0.05) is 25.8 Å². The van der Waals surface area contributed by atoms with Gasteiger partial charge in [-0.1, -0.05) is 13.8 Å². The van der Waals surface area contributed by atoms with Gasteiger partial charge in [-0.25, -0.2) is 13.4 Å². The highest BCUT2D eigenvalue weighted by Gasteiger charge is 2.29. The lowest BCUT2D eigenvalue weighted by Gasteiger charge is -2.25. The molecule has 0 aliphatic heterocycles. The van der Waals surface area contributed by atoms with Crippen molar-refractivity contribution in [3.63, 3.8) is 0 Å². The van der Waals surface area contributed by atoms with Crippen molar-refractivity contribution in [3.05, 3.63) is 18.3 Å². The molecule has 0 aliphatic carbocycles. The summed E-state index contributed by atoms with van der Waals surface area (Å²) in [6.45, 7) is 6.56. The maximum atomic E-state index is 12.6. The molecule has 0 fully saturated rings. The zero-order valence-corrected chi connectivity index (χ0v) is 12.9. The Morgan fingerprint density at radius 1 is 1.32 bits per heavy atom. The smallest absolute Gasteiger partial charge is 0.262 e. The first kappa shape index (κ1) is 15.9. The summed E-state index contributed by atoms with van der Waals surface area (Å²) in [5.74, 6) is 0. The Morgan fingerprint density at radius 3 is 2.47 bits per heavy atom. The van der Waals surface area contributed by atoms with E-state index in [2.05, 4.69) is 10.3 Å². The van der Waals surface area contributed by atoms with E-state index in [1.807, 2.05) is 20.8 Å². The van der Waals surface area contributed by atoms with Gasteiger partial charge in [-0.2, -0.15) is 4.31 Å². The van der Waals surface area contributed by atoms with Crippen molar-refractivity contribution in [1.29, 1.82) is 0 Å². The topological polar surface area (TPSA) is 62.3 Å². The van der Waals surface area contributed by atoms with Gasteiger partial charge in [-0.15, -0.1) is 0 Å². The molecule has 0 spiro atoms. The number of aromatic nitrogens is 1. The first-order chi connectivity index (χ1) is 8.98. The highest BCUT2D eigenvalue weighted by Crippen LogP contribution is 2.23. The molecule has 0 aromatic carbocycles. The number of nitrogens with zero attached hydrogens (tertiary/aromatic N) is 2. The van der Waals surface area contributed by atoms with Crippen molar-refractivity contribution >= 4 is 15.7 Å². The lowest BCUT2D eigenvalue weighted by molar-refractivity contribution is 0.348. The number of hydrogen-bond donors (Lipinski definition) is 1. The van der Waals surface area contributed by atoms with Gasteiger partial charge < -0.3 is 5.32 Å². The lowest BCUT2D eigenvalue weighted by atomic mass is 10.2. The van der Waals surface area contributed by atoms with Crippen LogP contribution >= 0.6 is 0 Å². The molecule has 0 aliphatic rings. The summed E-state index contributed by atoms with van der Waals surface area (Å²) in [6.07, 6.45) is 3.08. The van der Waals surface area contributed by atoms with Gasteiger partial charge in [0.05, 0.1) is 5.69 Å². The van der Waals surface area contributed by atoms with Crippen molar-refractivity contribution in [2.45, 2.75) is 44.7 Å². The summed E-state index contributed by atoms with van der Waals surface area (Å²) in [5.41, 5.74) is 0.558. The van der Waals surface area contributed by atoms with Crippen molar-refractivity contribution in [2.24, 2.45) is 0 Å². The molecule has 1 aromatic rings. The second-order valence-electron chi connectivity index (χ2n) is 4.38. The second-order valence-corrected chi connectivity index (χ2v) is 6.29. The van der Waals surface area contributed by atoms with Crippen LogP contribution in [-0.4, -0.2) is 37.3 Å². The van der Waals surface area contributed by atoms with Crippen LogP contribution in [0.5, 0.6) is 0 Å². The highest BCUT2D eigenvalue weighted by molar-refractivity contribution is 7.89. The molecule has 0 bridgehead atoms. The minimum atomic E-state index is -3.56. The van der Waals surface area contributed by atoms with Crippen LogP contribution in [0.4, 0.5) is 5.69 Å². The molecule has 5 nitrogen and oxygen atoms in total. The van der Waals surface area contributed by atoms with Crippen LogP contribution in [0.2, 0.25) is 0 Å². The number of pyridine rings is 1. The van der Waals surface area contributed by atoms with Crippen LogP contribution in [0.1, 0.15) is 33.6 Å². The van der Waals surface area contributed by atoms with Crippen LogP contribution in [0.3, 0.4) is 0 Å². The largest absolute Gasteiger partial charge is 0.383 e. The van der Waals surface area contributed by atoms with E-state index in [9.17, 15) is 8.42 Å². The fraction of sp³-hybridized carbons (Fsp3) is 0.615. The van der Waals surface area contributed by atoms with Crippen molar-refractivity contribution < 1.29 is 8.42 Å². The normalized spacial score (nSPS) is 12.1. The van der Waals surface area contributed by atoms with Gasteiger partial charge in [0.15, 0.2) is 5.03 Å². The number of hydrogen-bond acceptors (Lipinski definition) is 4. The summed E-state index contributed by atoms with van der Waals surface area (Å²) in [7, 11) is -1.93. The molecule has 0 amide bonds. The average molecular weight is 285 g/mol. The van der Waals surface area contributed by atoms with Crippen LogP contribution in [0, 0.1) is 0 Å². The van der Waals surface area contributed by atoms with E-state index in [1.54, 1.807) is 19.2 Å². The summed E-state index contributed by atoms with van der Waals surface area (Å²) < 4.78 is 26.6. The molecule has 1 aromatic heterocycles. The number of anilines is 1. The Kier molecular flexibility index (Phi) is 5.75. The Bertz CT molecular complexity index is 498. The third kappa shape index (κ3) is 3.45. The quantitative estimate of drug-likeness (QED) is 0.835. The summed E-state index contributed by atoms with van der Waals surface area (Å²) in [6, 6.07) is 3.47. The zero-order valence-electron chi connectivity index (χ0n) is 12.0. The van der Waals surface area contributed by atoms with E-state index in [0.29, 0.717) is 12.2 Å². The molecule has 0 unspecified atom stereocenters. The van der Waals surface area contributed by atoms with Crippen molar-refractivity contribution in [2.75, 3.05) is 18.9 Å². The minimum absolute atomic E-state index is 0.00137. The second kappa shape index (κ2) is 6.86. The summed E-state index contributed by atoms with van der Waals surface area (Å²) in [4.78, 5) is 4.05. The Morgan fingerprint density at radius 2 is 1.95 bits per heavy atom. The molecule has 1 rings (SSSR count). The lowest BCUT2D eigenvalue weighted by Crippen LogP contribution is -2.37. The molecular formula is C13H23N3O2S. The van der Waals surface area contributed by atoms with E-state index >= 15 is 0 Å².